The summed E-state index contributed by atoms with van der Waals surface area (Å²) in [4.78, 5) is 26.5. The molecule has 1 aliphatic rings. The molecule has 34 heavy (non-hydrogen) atoms. The van der Waals surface area contributed by atoms with Crippen LogP contribution in [-0.4, -0.2) is 46.2 Å². The molecule has 0 saturated heterocycles. The monoisotopic (exact) mass is 463 g/mol. The molecule has 4 rings (SSSR count). The molecule has 0 radical (unpaired) electrons. The second-order valence-electron chi connectivity index (χ2n) is 8.33. The van der Waals surface area contributed by atoms with E-state index in [0.717, 1.165) is 36.6 Å². The lowest BCUT2D eigenvalue weighted by Gasteiger charge is -2.30. The normalized spacial score (nSPS) is 18.4. The maximum Gasteiger partial charge on any atom is 0.293 e. The summed E-state index contributed by atoms with van der Waals surface area (Å²) in [6.07, 6.45) is 3.73. The summed E-state index contributed by atoms with van der Waals surface area (Å²) in [6.45, 7) is 1.99. The van der Waals surface area contributed by atoms with Crippen LogP contribution in [0.1, 0.15) is 41.9 Å². The van der Waals surface area contributed by atoms with Crippen molar-refractivity contribution in [3.05, 3.63) is 53.9 Å². The molecule has 1 aromatic heterocycles. The number of fused-ring (bicyclic) bond motifs is 1. The topological polar surface area (TPSA) is 147 Å². The van der Waals surface area contributed by atoms with E-state index in [9.17, 15) is 4.79 Å². The van der Waals surface area contributed by atoms with Gasteiger partial charge < -0.3 is 21.1 Å². The van der Waals surface area contributed by atoms with Crippen molar-refractivity contribution in [1.82, 2.24) is 15.4 Å². The number of methoxy groups -OCH3 is 1. The summed E-state index contributed by atoms with van der Waals surface area (Å²) in [5, 5.41) is 16.2. The van der Waals surface area contributed by atoms with Crippen molar-refractivity contribution in [2.75, 3.05) is 17.7 Å². The van der Waals surface area contributed by atoms with Crippen LogP contribution in [-0.2, 0) is 0 Å². The molecule has 1 saturated carbocycles. The van der Waals surface area contributed by atoms with Gasteiger partial charge in [-0.25, -0.2) is 20.4 Å². The molecule has 2 aromatic carbocycles. The Kier molecular flexibility index (Phi) is 7.07. The van der Waals surface area contributed by atoms with Crippen LogP contribution >= 0.6 is 0 Å². The number of aryl methyl sites for hydroxylation is 1. The van der Waals surface area contributed by atoms with Crippen LogP contribution in [0, 0.1) is 6.92 Å². The van der Waals surface area contributed by atoms with Gasteiger partial charge in [-0.3, -0.25) is 10.0 Å². The van der Waals surface area contributed by atoms with Crippen LogP contribution in [0.25, 0.3) is 10.9 Å². The van der Waals surface area contributed by atoms with Gasteiger partial charge in [0.25, 0.3) is 5.91 Å². The highest BCUT2D eigenvalue weighted by Crippen LogP contribution is 2.28. The van der Waals surface area contributed by atoms with Crippen molar-refractivity contribution < 1.29 is 14.7 Å². The fourth-order valence-electron chi connectivity index (χ4n) is 4.13. The third kappa shape index (κ3) is 5.34. The van der Waals surface area contributed by atoms with Gasteiger partial charge in [0.1, 0.15) is 11.6 Å². The van der Waals surface area contributed by atoms with Crippen molar-refractivity contribution in [1.29, 1.82) is 0 Å². The van der Waals surface area contributed by atoms with Crippen molar-refractivity contribution in [3.8, 4) is 5.75 Å². The zero-order valence-electron chi connectivity index (χ0n) is 19.2. The van der Waals surface area contributed by atoms with E-state index in [1.54, 1.807) is 31.4 Å². The third-order valence-electron chi connectivity index (χ3n) is 5.87. The minimum Gasteiger partial charge on any atom is -0.497 e. The summed E-state index contributed by atoms with van der Waals surface area (Å²) in [5.74, 6) is 0.881. The first-order chi connectivity index (χ1) is 16.5. The van der Waals surface area contributed by atoms with Crippen molar-refractivity contribution >= 4 is 34.3 Å². The van der Waals surface area contributed by atoms with Crippen LogP contribution in [0.5, 0.6) is 5.75 Å². The first kappa shape index (κ1) is 23.2. The lowest BCUT2D eigenvalue weighted by molar-refractivity contribution is 0.101. The minimum absolute atomic E-state index is 0.0263. The summed E-state index contributed by atoms with van der Waals surface area (Å²) in [7, 11) is 1.59. The van der Waals surface area contributed by atoms with Crippen LogP contribution in [0.2, 0.25) is 0 Å². The van der Waals surface area contributed by atoms with Gasteiger partial charge in [-0.05, 0) is 56.2 Å². The second-order valence-corrected chi connectivity index (χ2v) is 8.33. The van der Waals surface area contributed by atoms with Gasteiger partial charge in [-0.2, -0.15) is 0 Å². The van der Waals surface area contributed by atoms with Gasteiger partial charge >= 0.3 is 0 Å². The molecule has 178 valence electrons. The van der Waals surface area contributed by atoms with Crippen LogP contribution in [0.15, 0.2) is 47.5 Å². The van der Waals surface area contributed by atoms with E-state index in [1.807, 2.05) is 30.6 Å². The molecule has 10 nitrogen and oxygen atoms in total. The fourth-order valence-corrected chi connectivity index (χ4v) is 4.13. The second kappa shape index (κ2) is 10.3. The Balaban J connectivity index is 1.66. The Morgan fingerprint density at radius 1 is 1.15 bits per heavy atom. The standard InChI is InChI=1S/C24H29N7O3/c1-14-7-12-18-17(13-14)21(28-19-5-3-4-6-20(19)29-24(25)31-33)30-22(27-18)23(32)26-15-8-10-16(34-2)11-9-15/h7-13,19-20,33H,3-6H2,1-2H3,(H,26,32)(H3,25,29,31)(H,27,28,30)/t19-,20+/m0/s1. The van der Waals surface area contributed by atoms with Gasteiger partial charge in [-0.1, -0.05) is 24.5 Å². The molecule has 1 amide bonds. The van der Waals surface area contributed by atoms with E-state index in [2.05, 4.69) is 25.6 Å². The van der Waals surface area contributed by atoms with Crippen LogP contribution in [0.4, 0.5) is 11.5 Å². The van der Waals surface area contributed by atoms with Crippen LogP contribution in [0.3, 0.4) is 0 Å². The van der Waals surface area contributed by atoms with E-state index in [0.29, 0.717) is 22.8 Å². The minimum atomic E-state index is -0.414. The van der Waals surface area contributed by atoms with Gasteiger partial charge in [0.2, 0.25) is 11.8 Å². The molecule has 0 spiro atoms. The molecule has 0 unspecified atom stereocenters. The predicted octanol–water partition coefficient (Wildman–Crippen LogP) is 3.22. The Morgan fingerprint density at radius 3 is 2.65 bits per heavy atom. The number of nitrogens with one attached hydrogen (secondary N) is 3. The predicted molar refractivity (Wildman–Crippen MR) is 131 cm³/mol. The van der Waals surface area contributed by atoms with Gasteiger partial charge in [0.15, 0.2) is 0 Å². The number of amides is 1. The average Bonchev–Trinajstić information content (AvgIpc) is 2.85. The number of rotatable bonds is 6. The molecule has 1 aliphatic carbocycles. The Morgan fingerprint density at radius 2 is 1.91 bits per heavy atom. The number of aliphatic imine (C=N–C) groups is 1. The molecular weight excluding hydrogens is 434 g/mol. The number of ether oxygens (including phenoxy) is 1. The number of guanidine groups is 1. The maximum absolute atomic E-state index is 13.0. The molecule has 2 atom stereocenters. The largest absolute Gasteiger partial charge is 0.497 e. The number of benzene rings is 2. The average molecular weight is 464 g/mol. The van der Waals surface area contributed by atoms with E-state index in [-0.39, 0.29) is 23.9 Å². The quantitative estimate of drug-likeness (QED) is 0.213. The Bertz CT molecular complexity index is 1200. The highest BCUT2D eigenvalue weighted by atomic mass is 16.5. The zero-order chi connectivity index (χ0) is 24.1. The number of hydrogen-bond donors (Lipinski definition) is 5. The fraction of sp³-hybridized carbons (Fsp3) is 0.333. The molecule has 0 bridgehead atoms. The van der Waals surface area contributed by atoms with Gasteiger partial charge in [0.05, 0.1) is 24.7 Å². The number of nitrogens with two attached hydrogens (primary N) is 1. The highest BCUT2D eigenvalue weighted by Gasteiger charge is 2.26. The van der Waals surface area contributed by atoms with E-state index < -0.39 is 5.91 Å². The van der Waals surface area contributed by atoms with Gasteiger partial charge in [-0.15, -0.1) is 0 Å². The SMILES string of the molecule is COc1ccc(NC(=O)c2nc(N[C@H]3CCCC[C@H]3N=C(N)NO)c3cc(C)ccc3n2)cc1. The maximum atomic E-state index is 13.0. The number of anilines is 2. The first-order valence-electron chi connectivity index (χ1n) is 11.2. The third-order valence-corrected chi connectivity index (χ3v) is 5.87. The lowest BCUT2D eigenvalue weighted by Crippen LogP contribution is -2.39. The number of hydroxylamine groups is 1. The number of carbonyl (C=O) groups is 1. The van der Waals surface area contributed by atoms with Gasteiger partial charge in [0, 0.05) is 11.1 Å². The van der Waals surface area contributed by atoms with Crippen molar-refractivity contribution in [2.45, 2.75) is 44.7 Å². The van der Waals surface area contributed by atoms with E-state index >= 15 is 0 Å². The number of carbonyl (C=O) groups excluding carboxylic acids is 1. The molecule has 10 heteroatoms. The summed E-state index contributed by atoms with van der Waals surface area (Å²) >= 11 is 0. The Hall–Kier alpha value is -3.92. The molecule has 1 fully saturated rings. The summed E-state index contributed by atoms with van der Waals surface area (Å²) in [5.41, 5.74) is 9.93. The van der Waals surface area contributed by atoms with Crippen molar-refractivity contribution in [3.63, 3.8) is 0 Å². The molecule has 1 heterocycles. The van der Waals surface area contributed by atoms with Crippen LogP contribution < -0.4 is 26.6 Å². The molecule has 0 aliphatic heterocycles. The summed E-state index contributed by atoms with van der Waals surface area (Å²) < 4.78 is 5.16. The van der Waals surface area contributed by atoms with E-state index in [4.69, 9.17) is 15.7 Å². The molecular formula is C24H29N7O3. The summed E-state index contributed by atoms with van der Waals surface area (Å²) in [6, 6.07) is 12.7. The Labute approximate surface area is 197 Å². The molecule has 6 N–H and O–H groups in total. The smallest absolute Gasteiger partial charge is 0.293 e. The number of aromatic nitrogens is 2. The van der Waals surface area contributed by atoms with Crippen molar-refractivity contribution in [2.24, 2.45) is 10.7 Å². The first-order valence-corrected chi connectivity index (χ1v) is 11.2. The zero-order valence-corrected chi connectivity index (χ0v) is 19.2. The molecule has 3 aromatic rings. The lowest BCUT2D eigenvalue weighted by atomic mass is 9.90. The number of hydrogen-bond acceptors (Lipinski definition) is 7. The number of nitrogens with zero attached hydrogens (tertiary/aromatic N) is 3. The highest BCUT2D eigenvalue weighted by molar-refractivity contribution is 6.04. The van der Waals surface area contributed by atoms with E-state index in [1.165, 1.54) is 0 Å².